The van der Waals surface area contributed by atoms with E-state index in [1.807, 2.05) is 16.2 Å². The van der Waals surface area contributed by atoms with Crippen molar-refractivity contribution in [2.75, 3.05) is 39.3 Å². The van der Waals surface area contributed by atoms with E-state index in [0.717, 1.165) is 71.2 Å². The van der Waals surface area contributed by atoms with Crippen LogP contribution in [0.3, 0.4) is 0 Å². The largest absolute Gasteiger partial charge is 0.342 e. The number of carbonyl (C=O) groups excluding carboxylic acids is 2. The third-order valence-electron chi connectivity index (χ3n) is 6.52. The third kappa shape index (κ3) is 3.92. The van der Waals surface area contributed by atoms with Crippen molar-refractivity contribution in [3.63, 3.8) is 0 Å². The van der Waals surface area contributed by atoms with E-state index in [1.54, 1.807) is 0 Å². The molecule has 4 heterocycles. The number of likely N-dealkylation sites (tertiary alicyclic amines) is 2. The number of nitrogens with zero attached hydrogens (tertiary/aromatic N) is 3. The first-order valence-corrected chi connectivity index (χ1v) is 11.4. The van der Waals surface area contributed by atoms with Gasteiger partial charge in [0.25, 0.3) is 0 Å². The van der Waals surface area contributed by atoms with Crippen LogP contribution < -0.4 is 0 Å². The molecule has 1 atom stereocenters. The Morgan fingerprint density at radius 2 is 1.85 bits per heavy atom. The average molecular weight is 390 g/mol. The third-order valence-corrected chi connectivity index (χ3v) is 7.51. The van der Waals surface area contributed by atoms with Gasteiger partial charge in [0.05, 0.1) is 12.6 Å². The van der Waals surface area contributed by atoms with Gasteiger partial charge in [0.1, 0.15) is 0 Å². The number of carbonyl (C=O) groups is 2. The van der Waals surface area contributed by atoms with Crippen molar-refractivity contribution in [2.45, 2.75) is 51.5 Å². The normalized spacial score (nSPS) is 24.3. The van der Waals surface area contributed by atoms with E-state index >= 15 is 0 Å². The molecule has 3 aliphatic heterocycles. The van der Waals surface area contributed by atoms with Gasteiger partial charge in [-0.15, -0.1) is 11.3 Å². The molecule has 0 saturated carbocycles. The minimum absolute atomic E-state index is 0.168. The molecule has 2 amide bonds. The maximum atomic E-state index is 13.0. The Labute approximate surface area is 166 Å². The zero-order valence-electron chi connectivity index (χ0n) is 16.4. The smallest absolute Gasteiger partial charge is 0.237 e. The predicted octanol–water partition coefficient (Wildman–Crippen LogP) is 2.92. The first kappa shape index (κ1) is 18.9. The molecule has 0 aliphatic carbocycles. The molecule has 0 bridgehead atoms. The van der Waals surface area contributed by atoms with E-state index in [4.69, 9.17) is 0 Å². The minimum Gasteiger partial charge on any atom is -0.342 e. The number of piperidine rings is 1. The van der Waals surface area contributed by atoms with Crippen molar-refractivity contribution in [1.82, 2.24) is 14.7 Å². The predicted molar refractivity (Wildman–Crippen MR) is 108 cm³/mol. The summed E-state index contributed by atoms with van der Waals surface area (Å²) >= 11 is 1.82. The average Bonchev–Trinajstić information content (AvgIpc) is 3.38. The SMILES string of the molecule is CCC1c2ccsc2CCN1C(=O)CN1CCC(C(=O)N2CCCC2)CC1. The number of hydrogen-bond donors (Lipinski definition) is 0. The fraction of sp³-hybridized carbons (Fsp3) is 0.714. The van der Waals surface area contributed by atoms with Gasteiger partial charge in [-0.1, -0.05) is 6.92 Å². The van der Waals surface area contributed by atoms with Crippen molar-refractivity contribution in [1.29, 1.82) is 0 Å². The highest BCUT2D eigenvalue weighted by Crippen LogP contribution is 2.35. The molecule has 27 heavy (non-hydrogen) atoms. The number of hydrogen-bond acceptors (Lipinski definition) is 4. The van der Waals surface area contributed by atoms with E-state index in [1.165, 1.54) is 10.4 Å². The van der Waals surface area contributed by atoms with Gasteiger partial charge in [-0.2, -0.15) is 0 Å². The summed E-state index contributed by atoms with van der Waals surface area (Å²) in [7, 11) is 0. The fourth-order valence-electron chi connectivity index (χ4n) is 4.95. The molecule has 2 saturated heterocycles. The van der Waals surface area contributed by atoms with Gasteiger partial charge in [-0.05, 0) is 68.6 Å². The van der Waals surface area contributed by atoms with Gasteiger partial charge in [0.15, 0.2) is 0 Å². The zero-order chi connectivity index (χ0) is 18.8. The zero-order valence-corrected chi connectivity index (χ0v) is 17.2. The highest BCUT2D eigenvalue weighted by molar-refractivity contribution is 7.10. The topological polar surface area (TPSA) is 43.9 Å². The lowest BCUT2D eigenvalue weighted by molar-refractivity contribution is -0.137. The van der Waals surface area contributed by atoms with Gasteiger partial charge in [-0.25, -0.2) is 0 Å². The summed E-state index contributed by atoms with van der Waals surface area (Å²) in [5.41, 5.74) is 1.36. The summed E-state index contributed by atoms with van der Waals surface area (Å²) in [5, 5.41) is 2.16. The first-order chi connectivity index (χ1) is 13.2. The van der Waals surface area contributed by atoms with Crippen molar-refractivity contribution in [2.24, 2.45) is 5.92 Å². The van der Waals surface area contributed by atoms with E-state index in [0.29, 0.717) is 12.5 Å². The minimum atomic E-state index is 0.168. The van der Waals surface area contributed by atoms with Crippen LogP contribution in [0.1, 0.15) is 55.5 Å². The number of thiophene rings is 1. The van der Waals surface area contributed by atoms with Gasteiger partial charge in [0.2, 0.25) is 11.8 Å². The van der Waals surface area contributed by atoms with Gasteiger partial charge < -0.3 is 9.80 Å². The standard InChI is InChI=1S/C21H31N3O2S/c1-2-18-17-8-14-27-19(17)7-13-24(18)20(25)15-22-11-5-16(6-12-22)21(26)23-9-3-4-10-23/h8,14,16,18H,2-7,9-13,15H2,1H3. The van der Waals surface area contributed by atoms with Gasteiger partial charge >= 0.3 is 0 Å². The summed E-state index contributed by atoms with van der Waals surface area (Å²) < 4.78 is 0. The maximum absolute atomic E-state index is 13.0. The molecule has 6 heteroatoms. The molecular weight excluding hydrogens is 358 g/mol. The van der Waals surface area contributed by atoms with Crippen LogP contribution in [0.5, 0.6) is 0 Å². The molecule has 1 aromatic rings. The van der Waals surface area contributed by atoms with Crippen molar-refractivity contribution in [3.8, 4) is 0 Å². The Morgan fingerprint density at radius 1 is 1.11 bits per heavy atom. The van der Waals surface area contributed by atoms with Crippen molar-refractivity contribution < 1.29 is 9.59 Å². The van der Waals surface area contributed by atoms with Gasteiger partial charge in [0, 0.05) is 30.4 Å². The van der Waals surface area contributed by atoms with Crippen LogP contribution in [0.25, 0.3) is 0 Å². The Morgan fingerprint density at radius 3 is 2.56 bits per heavy atom. The van der Waals surface area contributed by atoms with E-state index in [9.17, 15) is 9.59 Å². The summed E-state index contributed by atoms with van der Waals surface area (Å²) in [4.78, 5) is 33.4. The Kier molecular flexibility index (Phi) is 5.83. The quantitative estimate of drug-likeness (QED) is 0.795. The lowest BCUT2D eigenvalue weighted by Gasteiger charge is -2.38. The second-order valence-electron chi connectivity index (χ2n) is 8.14. The molecule has 148 valence electrons. The molecule has 4 rings (SSSR count). The molecule has 3 aliphatic rings. The number of amides is 2. The molecule has 2 fully saturated rings. The van der Waals surface area contributed by atoms with E-state index in [2.05, 4.69) is 28.2 Å². The monoisotopic (exact) mass is 389 g/mol. The molecule has 0 radical (unpaired) electrons. The van der Waals surface area contributed by atoms with Crippen LogP contribution in [0.2, 0.25) is 0 Å². The summed E-state index contributed by atoms with van der Waals surface area (Å²) in [6.45, 7) is 7.13. The Hall–Kier alpha value is -1.40. The highest BCUT2D eigenvalue weighted by Gasteiger charge is 2.33. The van der Waals surface area contributed by atoms with Crippen LogP contribution in [0, 0.1) is 5.92 Å². The van der Waals surface area contributed by atoms with Crippen LogP contribution in [-0.4, -0.2) is 65.8 Å². The molecule has 1 unspecified atom stereocenters. The maximum Gasteiger partial charge on any atom is 0.237 e. The second-order valence-corrected chi connectivity index (χ2v) is 9.14. The highest BCUT2D eigenvalue weighted by atomic mass is 32.1. The lowest BCUT2D eigenvalue weighted by Crippen LogP contribution is -2.48. The molecular formula is C21H31N3O2S. The summed E-state index contributed by atoms with van der Waals surface area (Å²) in [6, 6.07) is 2.44. The summed E-state index contributed by atoms with van der Waals surface area (Å²) in [5.74, 6) is 0.773. The first-order valence-electron chi connectivity index (χ1n) is 10.5. The molecule has 0 spiro atoms. The number of fused-ring (bicyclic) bond motifs is 1. The number of rotatable bonds is 4. The van der Waals surface area contributed by atoms with Crippen molar-refractivity contribution >= 4 is 23.2 Å². The van der Waals surface area contributed by atoms with Crippen LogP contribution in [0.15, 0.2) is 11.4 Å². The summed E-state index contributed by atoms with van der Waals surface area (Å²) in [6.07, 6.45) is 6.06. The Bertz CT molecular complexity index is 675. The van der Waals surface area contributed by atoms with E-state index in [-0.39, 0.29) is 17.9 Å². The Balaban J connectivity index is 1.30. The van der Waals surface area contributed by atoms with Crippen LogP contribution in [-0.2, 0) is 16.0 Å². The molecule has 0 N–H and O–H groups in total. The van der Waals surface area contributed by atoms with Crippen LogP contribution >= 0.6 is 11.3 Å². The molecule has 1 aromatic heterocycles. The van der Waals surface area contributed by atoms with Crippen LogP contribution in [0.4, 0.5) is 0 Å². The fourth-order valence-corrected chi connectivity index (χ4v) is 5.88. The molecule has 5 nitrogen and oxygen atoms in total. The molecule has 0 aromatic carbocycles. The van der Waals surface area contributed by atoms with Gasteiger partial charge in [-0.3, -0.25) is 14.5 Å². The van der Waals surface area contributed by atoms with Crippen molar-refractivity contribution in [3.05, 3.63) is 21.9 Å². The van der Waals surface area contributed by atoms with E-state index < -0.39 is 0 Å². The lowest BCUT2D eigenvalue weighted by atomic mass is 9.95. The second kappa shape index (κ2) is 8.31.